The fourth-order valence-corrected chi connectivity index (χ4v) is 3.39. The fourth-order valence-electron chi connectivity index (χ4n) is 3.39. The smallest absolute Gasteiger partial charge is 0.311 e. The Morgan fingerprint density at radius 2 is 1.68 bits per heavy atom. The number of benzene rings is 2. The maximum Gasteiger partial charge on any atom is 0.311 e. The first-order valence-corrected chi connectivity index (χ1v) is 9.64. The first-order chi connectivity index (χ1) is 13.4. The average Bonchev–Trinajstić information content (AvgIpc) is 2.68. The minimum atomic E-state index is -0.905. The van der Waals surface area contributed by atoms with Crippen LogP contribution in [0.4, 0.5) is 5.69 Å². The molecule has 0 aliphatic heterocycles. The molecule has 0 spiro atoms. The zero-order valence-electron chi connectivity index (χ0n) is 16.3. The molecule has 0 saturated carbocycles. The molecule has 28 heavy (non-hydrogen) atoms. The van der Waals surface area contributed by atoms with Gasteiger partial charge in [0.1, 0.15) is 0 Å². The molecule has 0 unspecified atom stereocenters. The Kier molecular flexibility index (Phi) is 6.24. The summed E-state index contributed by atoms with van der Waals surface area (Å²) in [5.41, 5.74) is 4.72. The lowest BCUT2D eigenvalue weighted by atomic mass is 9.90. The van der Waals surface area contributed by atoms with Gasteiger partial charge in [0, 0.05) is 11.3 Å². The Morgan fingerprint density at radius 3 is 2.36 bits per heavy atom. The minimum absolute atomic E-state index is 0.0395. The highest BCUT2D eigenvalue weighted by Gasteiger charge is 2.19. The summed E-state index contributed by atoms with van der Waals surface area (Å²) in [4.78, 5) is 35.8. The second-order valence-corrected chi connectivity index (χ2v) is 7.24. The number of hydrogen-bond donors (Lipinski definition) is 1. The van der Waals surface area contributed by atoms with Crippen LogP contribution in [0.15, 0.2) is 42.5 Å². The maximum absolute atomic E-state index is 12.3. The van der Waals surface area contributed by atoms with E-state index in [4.69, 9.17) is 4.74 Å². The van der Waals surface area contributed by atoms with E-state index in [1.54, 1.807) is 31.2 Å². The van der Waals surface area contributed by atoms with Crippen LogP contribution in [0.1, 0.15) is 53.7 Å². The van der Waals surface area contributed by atoms with Crippen molar-refractivity contribution in [3.8, 4) is 0 Å². The van der Waals surface area contributed by atoms with Crippen LogP contribution >= 0.6 is 0 Å². The number of anilines is 1. The lowest BCUT2D eigenvalue weighted by molar-refractivity contribution is -0.152. The van der Waals surface area contributed by atoms with Gasteiger partial charge in [0.15, 0.2) is 11.9 Å². The number of Topliss-reactive ketones (excluding diaryl/α,β-unsaturated/α-hetero) is 1. The second kappa shape index (κ2) is 8.83. The predicted molar refractivity (Wildman–Crippen MR) is 107 cm³/mol. The van der Waals surface area contributed by atoms with E-state index in [0.29, 0.717) is 11.3 Å². The van der Waals surface area contributed by atoms with Gasteiger partial charge in [-0.25, -0.2) is 0 Å². The average molecular weight is 379 g/mol. The van der Waals surface area contributed by atoms with Crippen LogP contribution < -0.4 is 5.32 Å². The number of carbonyl (C=O) groups excluding carboxylic acids is 3. The monoisotopic (exact) mass is 379 g/mol. The van der Waals surface area contributed by atoms with Gasteiger partial charge in [-0.3, -0.25) is 14.4 Å². The molecule has 0 heterocycles. The molecule has 1 atom stereocenters. The molecule has 0 fully saturated rings. The number of nitrogens with one attached hydrogen (secondary N) is 1. The molecule has 1 aliphatic carbocycles. The van der Waals surface area contributed by atoms with Crippen LogP contribution in [-0.2, 0) is 33.6 Å². The van der Waals surface area contributed by atoms with Crippen LogP contribution in [0.25, 0.3) is 0 Å². The highest BCUT2D eigenvalue weighted by molar-refractivity contribution is 5.97. The van der Waals surface area contributed by atoms with Crippen LogP contribution in [-0.4, -0.2) is 23.8 Å². The van der Waals surface area contributed by atoms with Gasteiger partial charge in [-0.2, -0.15) is 0 Å². The van der Waals surface area contributed by atoms with E-state index in [9.17, 15) is 14.4 Å². The molecule has 1 amide bonds. The van der Waals surface area contributed by atoms with Gasteiger partial charge in [-0.1, -0.05) is 18.2 Å². The van der Waals surface area contributed by atoms with Crippen LogP contribution in [0, 0.1) is 0 Å². The standard InChI is InChI=1S/C23H25NO4/c1-15(25)18-9-11-21(12-10-18)24-23(27)16(2)28-22(26)14-17-7-8-19-5-3-4-6-20(19)13-17/h7-13,16H,3-6,14H2,1-2H3,(H,24,27)/t16-/m0/s1. The van der Waals surface area contributed by atoms with Crippen molar-refractivity contribution in [1.82, 2.24) is 0 Å². The Balaban J connectivity index is 1.53. The van der Waals surface area contributed by atoms with E-state index in [1.165, 1.54) is 30.9 Å². The molecular formula is C23H25NO4. The summed E-state index contributed by atoms with van der Waals surface area (Å²) in [5, 5.41) is 2.69. The molecule has 2 aromatic rings. The Hall–Kier alpha value is -2.95. The summed E-state index contributed by atoms with van der Waals surface area (Å²) in [6.45, 7) is 3.03. The number of amides is 1. The third-order valence-electron chi connectivity index (χ3n) is 5.00. The fraction of sp³-hybridized carbons (Fsp3) is 0.348. The molecule has 0 radical (unpaired) electrons. The number of hydrogen-bond acceptors (Lipinski definition) is 4. The number of rotatable bonds is 6. The van der Waals surface area contributed by atoms with E-state index < -0.39 is 18.0 Å². The highest BCUT2D eigenvalue weighted by atomic mass is 16.5. The number of esters is 1. The topological polar surface area (TPSA) is 72.5 Å². The Labute approximate surface area is 165 Å². The van der Waals surface area contributed by atoms with Crippen molar-refractivity contribution in [2.75, 3.05) is 5.32 Å². The molecule has 3 rings (SSSR count). The Morgan fingerprint density at radius 1 is 1.00 bits per heavy atom. The number of fused-ring (bicyclic) bond motifs is 1. The summed E-state index contributed by atoms with van der Waals surface area (Å²) in [5.74, 6) is -0.873. The second-order valence-electron chi connectivity index (χ2n) is 7.24. The predicted octanol–water partition coefficient (Wildman–Crippen LogP) is 3.88. The van der Waals surface area contributed by atoms with Crippen molar-refractivity contribution in [2.45, 2.75) is 52.1 Å². The summed E-state index contributed by atoms with van der Waals surface area (Å²) in [6, 6.07) is 12.7. The van der Waals surface area contributed by atoms with Crippen molar-refractivity contribution < 1.29 is 19.1 Å². The summed E-state index contributed by atoms with van der Waals surface area (Å²) in [6.07, 6.45) is 3.81. The molecule has 0 saturated heterocycles. The third-order valence-corrected chi connectivity index (χ3v) is 5.00. The lowest BCUT2D eigenvalue weighted by Crippen LogP contribution is -2.30. The number of ketones is 1. The summed E-state index contributed by atoms with van der Waals surface area (Å²) >= 11 is 0. The molecule has 5 nitrogen and oxygen atoms in total. The molecule has 1 N–H and O–H groups in total. The van der Waals surface area contributed by atoms with Crippen molar-refractivity contribution in [1.29, 1.82) is 0 Å². The quantitative estimate of drug-likeness (QED) is 0.611. The molecule has 0 aromatic heterocycles. The molecule has 5 heteroatoms. The first kappa shape index (κ1) is 19.8. The third kappa shape index (κ3) is 5.06. The van der Waals surface area contributed by atoms with E-state index in [1.807, 2.05) is 6.07 Å². The van der Waals surface area contributed by atoms with Crippen molar-refractivity contribution >= 4 is 23.3 Å². The normalized spacial score (nSPS) is 13.9. The first-order valence-electron chi connectivity index (χ1n) is 9.64. The van der Waals surface area contributed by atoms with Crippen LogP contribution in [0.5, 0.6) is 0 Å². The van der Waals surface area contributed by atoms with Crippen molar-refractivity contribution in [3.63, 3.8) is 0 Å². The van der Waals surface area contributed by atoms with Crippen molar-refractivity contribution in [3.05, 3.63) is 64.7 Å². The number of ether oxygens (including phenoxy) is 1. The molecule has 2 aromatic carbocycles. The Bertz CT molecular complexity index is 886. The zero-order chi connectivity index (χ0) is 20.1. The molecule has 0 bridgehead atoms. The maximum atomic E-state index is 12.3. The summed E-state index contributed by atoms with van der Waals surface area (Å²) in [7, 11) is 0. The van der Waals surface area contributed by atoms with Gasteiger partial charge in [0.2, 0.25) is 0 Å². The van der Waals surface area contributed by atoms with Gasteiger partial charge in [0.05, 0.1) is 6.42 Å². The van der Waals surface area contributed by atoms with E-state index >= 15 is 0 Å². The van der Waals surface area contributed by atoms with E-state index in [2.05, 4.69) is 17.4 Å². The highest BCUT2D eigenvalue weighted by Crippen LogP contribution is 2.22. The summed E-state index contributed by atoms with van der Waals surface area (Å²) < 4.78 is 5.29. The van der Waals surface area contributed by atoms with Crippen LogP contribution in [0.2, 0.25) is 0 Å². The van der Waals surface area contributed by atoms with Gasteiger partial charge >= 0.3 is 5.97 Å². The van der Waals surface area contributed by atoms with Gasteiger partial charge < -0.3 is 10.1 Å². The largest absolute Gasteiger partial charge is 0.452 e. The van der Waals surface area contributed by atoms with Gasteiger partial charge in [0.25, 0.3) is 5.91 Å². The molecule has 146 valence electrons. The zero-order valence-corrected chi connectivity index (χ0v) is 16.3. The molecular weight excluding hydrogens is 354 g/mol. The number of carbonyl (C=O) groups is 3. The van der Waals surface area contributed by atoms with Gasteiger partial charge in [-0.05, 0) is 80.5 Å². The SMILES string of the molecule is CC(=O)c1ccc(NC(=O)[C@H](C)OC(=O)Cc2ccc3c(c2)CCCC3)cc1. The molecule has 1 aliphatic rings. The lowest BCUT2D eigenvalue weighted by Gasteiger charge is -2.17. The number of aryl methyl sites for hydroxylation is 2. The van der Waals surface area contributed by atoms with E-state index in [0.717, 1.165) is 18.4 Å². The minimum Gasteiger partial charge on any atom is -0.452 e. The van der Waals surface area contributed by atoms with Gasteiger partial charge in [-0.15, -0.1) is 0 Å². The van der Waals surface area contributed by atoms with Crippen molar-refractivity contribution in [2.24, 2.45) is 0 Å². The van der Waals surface area contributed by atoms with Crippen LogP contribution in [0.3, 0.4) is 0 Å². The van der Waals surface area contributed by atoms with E-state index in [-0.39, 0.29) is 12.2 Å².